The summed E-state index contributed by atoms with van der Waals surface area (Å²) in [6, 6.07) is 0.530. The fourth-order valence-corrected chi connectivity index (χ4v) is 2.48. The summed E-state index contributed by atoms with van der Waals surface area (Å²) >= 11 is 0. The molecule has 0 amide bonds. The van der Waals surface area contributed by atoms with E-state index >= 15 is 0 Å². The molecule has 2 atom stereocenters. The lowest BCUT2D eigenvalue weighted by Gasteiger charge is -2.26. The molecule has 0 radical (unpaired) electrons. The Labute approximate surface area is 99.4 Å². The summed E-state index contributed by atoms with van der Waals surface area (Å²) in [7, 11) is 4.19. The molecule has 0 aliphatic carbocycles. The van der Waals surface area contributed by atoms with E-state index < -0.39 is 0 Å². The first-order valence-electron chi connectivity index (χ1n) is 6.40. The standard InChI is InChI=1S/C12H27N3O/c1-14(2)9-11-8-12(16)10-15(11)7-5-3-4-6-13/h11-12,16H,3-10,13H2,1-2H3. The quantitative estimate of drug-likeness (QED) is 0.609. The molecule has 4 heteroatoms. The number of aliphatic hydroxyl groups is 1. The lowest BCUT2D eigenvalue weighted by atomic mass is 10.2. The number of likely N-dealkylation sites (N-methyl/N-ethyl adjacent to an activating group) is 1. The maximum absolute atomic E-state index is 9.71. The van der Waals surface area contributed by atoms with Gasteiger partial charge in [0.1, 0.15) is 0 Å². The second kappa shape index (κ2) is 7.22. The third-order valence-electron chi connectivity index (χ3n) is 3.23. The van der Waals surface area contributed by atoms with E-state index in [1.807, 2.05) is 0 Å². The number of nitrogens with zero attached hydrogens (tertiary/aromatic N) is 2. The highest BCUT2D eigenvalue weighted by molar-refractivity contribution is 4.86. The van der Waals surface area contributed by atoms with Gasteiger partial charge in [0.05, 0.1) is 6.10 Å². The number of hydrogen-bond donors (Lipinski definition) is 2. The van der Waals surface area contributed by atoms with Crippen molar-refractivity contribution in [3.63, 3.8) is 0 Å². The Bertz CT molecular complexity index is 187. The first-order valence-corrected chi connectivity index (χ1v) is 6.40. The van der Waals surface area contributed by atoms with Crippen molar-refractivity contribution in [2.75, 3.05) is 40.3 Å². The van der Waals surface area contributed by atoms with Crippen LogP contribution >= 0.6 is 0 Å². The average Bonchev–Trinajstić information content (AvgIpc) is 2.53. The van der Waals surface area contributed by atoms with Gasteiger partial charge in [-0.1, -0.05) is 6.42 Å². The summed E-state index contributed by atoms with van der Waals surface area (Å²) in [5.74, 6) is 0. The van der Waals surface area contributed by atoms with Crippen LogP contribution in [0.3, 0.4) is 0 Å². The maximum Gasteiger partial charge on any atom is 0.0682 e. The first kappa shape index (κ1) is 13.9. The smallest absolute Gasteiger partial charge is 0.0682 e. The zero-order chi connectivity index (χ0) is 12.0. The van der Waals surface area contributed by atoms with E-state index in [0.717, 1.165) is 39.0 Å². The minimum Gasteiger partial charge on any atom is -0.392 e. The van der Waals surface area contributed by atoms with Crippen LogP contribution in [0.25, 0.3) is 0 Å². The third kappa shape index (κ3) is 4.78. The molecule has 4 nitrogen and oxygen atoms in total. The molecule has 2 unspecified atom stereocenters. The van der Waals surface area contributed by atoms with Gasteiger partial charge in [0.25, 0.3) is 0 Å². The van der Waals surface area contributed by atoms with Crippen molar-refractivity contribution >= 4 is 0 Å². The molecule has 1 aliphatic rings. The van der Waals surface area contributed by atoms with Gasteiger partial charge >= 0.3 is 0 Å². The van der Waals surface area contributed by atoms with Gasteiger partial charge in [-0.3, -0.25) is 4.90 Å². The fraction of sp³-hybridized carbons (Fsp3) is 1.00. The molecule has 0 saturated carbocycles. The summed E-state index contributed by atoms with van der Waals surface area (Å²) in [6.45, 7) is 3.80. The van der Waals surface area contributed by atoms with Crippen molar-refractivity contribution in [3.8, 4) is 0 Å². The van der Waals surface area contributed by atoms with E-state index in [9.17, 15) is 5.11 Å². The van der Waals surface area contributed by atoms with Gasteiger partial charge in [-0.2, -0.15) is 0 Å². The van der Waals surface area contributed by atoms with Crippen LogP contribution in [0, 0.1) is 0 Å². The molecule has 1 fully saturated rings. The van der Waals surface area contributed by atoms with Crippen molar-refractivity contribution in [2.24, 2.45) is 5.73 Å². The van der Waals surface area contributed by atoms with Crippen molar-refractivity contribution in [2.45, 2.75) is 37.8 Å². The second-order valence-corrected chi connectivity index (χ2v) is 5.15. The molecule has 0 bridgehead atoms. The van der Waals surface area contributed by atoms with Crippen LogP contribution in [0.2, 0.25) is 0 Å². The number of aliphatic hydroxyl groups excluding tert-OH is 1. The van der Waals surface area contributed by atoms with E-state index in [2.05, 4.69) is 23.9 Å². The SMILES string of the molecule is CN(C)CC1CC(O)CN1CCCCCN. The molecule has 3 N–H and O–H groups in total. The van der Waals surface area contributed by atoms with E-state index in [-0.39, 0.29) is 6.10 Å². The minimum absolute atomic E-state index is 0.126. The monoisotopic (exact) mass is 229 g/mol. The Morgan fingerprint density at radius 3 is 2.69 bits per heavy atom. The lowest BCUT2D eigenvalue weighted by molar-refractivity contribution is 0.171. The molecule has 1 heterocycles. The predicted octanol–water partition coefficient (Wildman–Crippen LogP) is 0.112. The molecular weight excluding hydrogens is 202 g/mol. The number of nitrogens with two attached hydrogens (primary N) is 1. The van der Waals surface area contributed by atoms with Crippen LogP contribution in [0.5, 0.6) is 0 Å². The van der Waals surface area contributed by atoms with Crippen LogP contribution < -0.4 is 5.73 Å². The van der Waals surface area contributed by atoms with Crippen LogP contribution in [0.4, 0.5) is 0 Å². The highest BCUT2D eigenvalue weighted by Crippen LogP contribution is 2.19. The summed E-state index contributed by atoms with van der Waals surface area (Å²) in [4.78, 5) is 4.64. The Morgan fingerprint density at radius 2 is 2.06 bits per heavy atom. The normalized spacial score (nSPS) is 26.8. The summed E-state index contributed by atoms with van der Waals surface area (Å²) in [5.41, 5.74) is 5.48. The van der Waals surface area contributed by atoms with Crippen molar-refractivity contribution in [1.82, 2.24) is 9.80 Å². The highest BCUT2D eigenvalue weighted by Gasteiger charge is 2.30. The van der Waals surface area contributed by atoms with Gasteiger partial charge < -0.3 is 15.7 Å². The first-order chi connectivity index (χ1) is 7.63. The van der Waals surface area contributed by atoms with E-state index in [1.165, 1.54) is 12.8 Å². The number of likely N-dealkylation sites (tertiary alicyclic amines) is 1. The van der Waals surface area contributed by atoms with Crippen LogP contribution in [0.15, 0.2) is 0 Å². The largest absolute Gasteiger partial charge is 0.392 e. The van der Waals surface area contributed by atoms with E-state index in [0.29, 0.717) is 6.04 Å². The van der Waals surface area contributed by atoms with Gasteiger partial charge in [-0.05, 0) is 46.4 Å². The summed E-state index contributed by atoms with van der Waals surface area (Å²) < 4.78 is 0. The van der Waals surface area contributed by atoms with Crippen molar-refractivity contribution < 1.29 is 5.11 Å². The van der Waals surface area contributed by atoms with Crippen LogP contribution in [-0.4, -0.2) is 67.3 Å². The number of hydrogen-bond acceptors (Lipinski definition) is 4. The molecule has 96 valence electrons. The molecule has 0 spiro atoms. The molecule has 1 rings (SSSR count). The number of unbranched alkanes of at least 4 members (excludes halogenated alkanes) is 2. The zero-order valence-electron chi connectivity index (χ0n) is 10.7. The second-order valence-electron chi connectivity index (χ2n) is 5.15. The molecular formula is C12H27N3O. The molecule has 0 aromatic carbocycles. The topological polar surface area (TPSA) is 52.7 Å². The Balaban J connectivity index is 2.26. The van der Waals surface area contributed by atoms with Crippen molar-refractivity contribution in [3.05, 3.63) is 0 Å². The van der Waals surface area contributed by atoms with Gasteiger partial charge in [0.15, 0.2) is 0 Å². The van der Waals surface area contributed by atoms with E-state index in [1.54, 1.807) is 0 Å². The summed E-state index contributed by atoms with van der Waals surface area (Å²) in [5, 5.41) is 9.71. The number of β-amino-alcohol motifs (C(OH)–C–C–N with tert-alkyl or cyclic N) is 1. The Hall–Kier alpha value is -0.160. The molecule has 1 aliphatic heterocycles. The average molecular weight is 229 g/mol. The van der Waals surface area contributed by atoms with Crippen LogP contribution in [0.1, 0.15) is 25.7 Å². The third-order valence-corrected chi connectivity index (χ3v) is 3.23. The zero-order valence-corrected chi connectivity index (χ0v) is 10.7. The van der Waals surface area contributed by atoms with Gasteiger partial charge in [0.2, 0.25) is 0 Å². The van der Waals surface area contributed by atoms with Gasteiger partial charge in [0, 0.05) is 19.1 Å². The molecule has 0 aromatic rings. The molecule has 16 heavy (non-hydrogen) atoms. The summed E-state index contributed by atoms with van der Waals surface area (Å²) in [6.07, 6.45) is 4.33. The fourth-order valence-electron chi connectivity index (χ4n) is 2.48. The molecule has 0 aromatic heterocycles. The highest BCUT2D eigenvalue weighted by atomic mass is 16.3. The maximum atomic E-state index is 9.71. The van der Waals surface area contributed by atoms with Crippen molar-refractivity contribution in [1.29, 1.82) is 0 Å². The van der Waals surface area contributed by atoms with E-state index in [4.69, 9.17) is 5.73 Å². The molecule has 1 saturated heterocycles. The lowest BCUT2D eigenvalue weighted by Crippen LogP contribution is -2.38. The van der Waals surface area contributed by atoms with Crippen LogP contribution in [-0.2, 0) is 0 Å². The predicted molar refractivity (Wildman–Crippen MR) is 67.4 cm³/mol. The van der Waals surface area contributed by atoms with Gasteiger partial charge in [-0.25, -0.2) is 0 Å². The minimum atomic E-state index is -0.126. The van der Waals surface area contributed by atoms with Gasteiger partial charge in [-0.15, -0.1) is 0 Å². The Kier molecular flexibility index (Phi) is 6.28. The Morgan fingerprint density at radius 1 is 1.31 bits per heavy atom. The number of rotatable bonds is 7.